The van der Waals surface area contributed by atoms with E-state index in [-0.39, 0.29) is 0 Å². The zero-order valence-corrected chi connectivity index (χ0v) is 10.8. The largest absolute Gasteiger partial charge is 0.472 e. The van der Waals surface area contributed by atoms with E-state index in [0.717, 1.165) is 20.1 Å². The van der Waals surface area contributed by atoms with Crippen LogP contribution in [0.4, 0.5) is 0 Å². The van der Waals surface area contributed by atoms with E-state index in [1.54, 1.807) is 18.6 Å². The molecule has 1 atom stereocenters. The second-order valence-corrected chi connectivity index (χ2v) is 4.99. The molecule has 0 saturated heterocycles. The Hall–Kier alpha value is -0.580. The highest BCUT2D eigenvalue weighted by molar-refractivity contribution is 9.11. The van der Waals surface area contributed by atoms with Crippen LogP contribution in [0.2, 0.25) is 0 Å². The van der Waals surface area contributed by atoms with Gasteiger partial charge in [-0.15, -0.1) is 0 Å². The third-order valence-electron chi connectivity index (χ3n) is 2.06. The summed E-state index contributed by atoms with van der Waals surface area (Å²) < 4.78 is 6.78. The molecule has 0 amide bonds. The fourth-order valence-electron chi connectivity index (χ4n) is 1.36. The number of hydrogen-bond donors (Lipinski definition) is 1. The molecule has 0 radical (unpaired) electrons. The van der Waals surface area contributed by atoms with E-state index in [4.69, 9.17) is 4.42 Å². The van der Waals surface area contributed by atoms with E-state index < -0.39 is 6.10 Å². The highest BCUT2D eigenvalue weighted by Crippen LogP contribution is 2.28. The lowest BCUT2D eigenvalue weighted by Gasteiger charge is -2.09. The average Bonchev–Trinajstić information content (AvgIpc) is 2.67. The van der Waals surface area contributed by atoms with Gasteiger partial charge >= 0.3 is 0 Å². The third-order valence-corrected chi connectivity index (χ3v) is 2.98. The summed E-state index contributed by atoms with van der Waals surface area (Å²) in [5, 5.41) is 10.0. The first-order chi connectivity index (χ1) is 7.16. The zero-order valence-electron chi connectivity index (χ0n) is 7.65. The molecule has 15 heavy (non-hydrogen) atoms. The van der Waals surface area contributed by atoms with Gasteiger partial charge in [-0.3, -0.25) is 0 Å². The molecule has 0 bridgehead atoms. The van der Waals surface area contributed by atoms with Crippen molar-refractivity contribution in [3.8, 4) is 0 Å². The maximum Gasteiger partial charge on any atom is 0.107 e. The summed E-state index contributed by atoms with van der Waals surface area (Å²) in [7, 11) is 0. The van der Waals surface area contributed by atoms with Gasteiger partial charge in [0.25, 0.3) is 0 Å². The molecule has 0 fully saturated rings. The molecule has 1 unspecified atom stereocenters. The van der Waals surface area contributed by atoms with Crippen LogP contribution in [-0.2, 0) is 0 Å². The van der Waals surface area contributed by atoms with Crippen LogP contribution in [0, 0.1) is 0 Å². The predicted octanol–water partition coefficient (Wildman–Crippen LogP) is 3.89. The van der Waals surface area contributed by atoms with Crippen molar-refractivity contribution in [1.82, 2.24) is 0 Å². The normalized spacial score (nSPS) is 12.7. The molecular formula is C11H8Br2O2. The second-order valence-electron chi connectivity index (χ2n) is 3.16. The van der Waals surface area contributed by atoms with Gasteiger partial charge in [-0.2, -0.15) is 0 Å². The van der Waals surface area contributed by atoms with E-state index >= 15 is 0 Å². The lowest BCUT2D eigenvalue weighted by molar-refractivity contribution is 0.219. The van der Waals surface area contributed by atoms with E-state index in [1.165, 1.54) is 0 Å². The van der Waals surface area contributed by atoms with E-state index in [1.807, 2.05) is 18.2 Å². The van der Waals surface area contributed by atoms with Crippen molar-refractivity contribution in [1.29, 1.82) is 0 Å². The number of hydrogen-bond acceptors (Lipinski definition) is 2. The molecule has 0 spiro atoms. The molecule has 0 aliphatic rings. The molecule has 2 aromatic rings. The molecule has 2 nitrogen and oxygen atoms in total. The van der Waals surface area contributed by atoms with Crippen molar-refractivity contribution in [3.05, 3.63) is 56.9 Å². The lowest BCUT2D eigenvalue weighted by Crippen LogP contribution is -1.97. The summed E-state index contributed by atoms with van der Waals surface area (Å²) in [6, 6.07) is 7.43. The molecule has 1 N–H and O–H groups in total. The Labute approximate surface area is 104 Å². The van der Waals surface area contributed by atoms with Gasteiger partial charge in [0.05, 0.1) is 12.5 Å². The maximum atomic E-state index is 10.0. The van der Waals surface area contributed by atoms with E-state index in [0.29, 0.717) is 0 Å². The third kappa shape index (κ3) is 2.51. The first kappa shape index (κ1) is 10.9. The Morgan fingerprint density at radius 2 is 1.73 bits per heavy atom. The molecule has 0 saturated carbocycles. The molecule has 0 aliphatic heterocycles. The zero-order chi connectivity index (χ0) is 10.8. The molecule has 1 heterocycles. The predicted molar refractivity (Wildman–Crippen MR) is 64.6 cm³/mol. The Bertz CT molecular complexity index is 431. The molecule has 0 aliphatic carbocycles. The van der Waals surface area contributed by atoms with Crippen LogP contribution in [0.3, 0.4) is 0 Å². The van der Waals surface area contributed by atoms with Crippen LogP contribution in [-0.4, -0.2) is 5.11 Å². The smallest absolute Gasteiger partial charge is 0.107 e. The highest BCUT2D eigenvalue weighted by atomic mass is 79.9. The molecular weight excluding hydrogens is 324 g/mol. The number of aliphatic hydroxyl groups excluding tert-OH is 1. The SMILES string of the molecule is OC(c1ccoc1)c1cc(Br)cc(Br)c1. The van der Waals surface area contributed by atoms with Gasteiger partial charge in [-0.1, -0.05) is 31.9 Å². The minimum atomic E-state index is -0.655. The first-order valence-corrected chi connectivity index (χ1v) is 5.91. The molecule has 4 heteroatoms. The van der Waals surface area contributed by atoms with Gasteiger partial charge in [0.2, 0.25) is 0 Å². The summed E-state index contributed by atoms with van der Waals surface area (Å²) in [5.74, 6) is 0. The Morgan fingerprint density at radius 3 is 2.27 bits per heavy atom. The first-order valence-electron chi connectivity index (χ1n) is 4.33. The summed E-state index contributed by atoms with van der Waals surface area (Å²) in [6.45, 7) is 0. The van der Waals surface area contributed by atoms with Crippen molar-refractivity contribution in [2.45, 2.75) is 6.10 Å². The van der Waals surface area contributed by atoms with Gasteiger partial charge in [0.15, 0.2) is 0 Å². The molecule has 1 aromatic carbocycles. The fraction of sp³-hybridized carbons (Fsp3) is 0.0909. The summed E-state index contributed by atoms with van der Waals surface area (Å²) in [6.07, 6.45) is 2.43. The monoisotopic (exact) mass is 330 g/mol. The van der Waals surface area contributed by atoms with E-state index in [9.17, 15) is 5.11 Å². The van der Waals surface area contributed by atoms with Crippen molar-refractivity contribution in [2.75, 3.05) is 0 Å². The van der Waals surface area contributed by atoms with Crippen LogP contribution in [0.25, 0.3) is 0 Å². The Balaban J connectivity index is 2.37. The fourth-order valence-corrected chi connectivity index (χ4v) is 2.69. The second kappa shape index (κ2) is 4.51. The van der Waals surface area contributed by atoms with E-state index in [2.05, 4.69) is 31.9 Å². The van der Waals surface area contributed by atoms with Crippen molar-refractivity contribution in [3.63, 3.8) is 0 Å². The van der Waals surface area contributed by atoms with Crippen molar-refractivity contribution < 1.29 is 9.52 Å². The Morgan fingerprint density at radius 1 is 1.07 bits per heavy atom. The summed E-state index contributed by atoms with van der Waals surface area (Å²) in [4.78, 5) is 0. The number of halogens is 2. The molecule has 78 valence electrons. The Kier molecular flexibility index (Phi) is 3.29. The van der Waals surface area contributed by atoms with Crippen LogP contribution in [0.15, 0.2) is 50.2 Å². The quantitative estimate of drug-likeness (QED) is 0.905. The molecule has 2 rings (SSSR count). The van der Waals surface area contributed by atoms with Crippen LogP contribution >= 0.6 is 31.9 Å². The van der Waals surface area contributed by atoms with Gasteiger partial charge in [0, 0.05) is 14.5 Å². The topological polar surface area (TPSA) is 33.4 Å². The number of aliphatic hydroxyl groups is 1. The van der Waals surface area contributed by atoms with Crippen molar-refractivity contribution in [2.24, 2.45) is 0 Å². The van der Waals surface area contributed by atoms with Crippen LogP contribution in [0.5, 0.6) is 0 Å². The standard InChI is InChI=1S/C11H8Br2O2/c12-9-3-8(4-10(13)5-9)11(14)7-1-2-15-6-7/h1-6,11,14H. The van der Waals surface area contributed by atoms with Gasteiger partial charge < -0.3 is 9.52 Å². The van der Waals surface area contributed by atoms with Crippen LogP contribution < -0.4 is 0 Å². The van der Waals surface area contributed by atoms with Gasteiger partial charge in [-0.25, -0.2) is 0 Å². The molecule has 1 aromatic heterocycles. The average molecular weight is 332 g/mol. The van der Waals surface area contributed by atoms with Crippen molar-refractivity contribution >= 4 is 31.9 Å². The number of rotatable bonds is 2. The van der Waals surface area contributed by atoms with Gasteiger partial charge in [-0.05, 0) is 29.8 Å². The highest BCUT2D eigenvalue weighted by Gasteiger charge is 2.12. The summed E-state index contributed by atoms with van der Waals surface area (Å²) in [5.41, 5.74) is 1.57. The lowest BCUT2D eigenvalue weighted by atomic mass is 10.0. The minimum absolute atomic E-state index is 0.655. The maximum absolute atomic E-state index is 10.0. The summed E-state index contributed by atoms with van der Waals surface area (Å²) >= 11 is 6.76. The van der Waals surface area contributed by atoms with Gasteiger partial charge in [0.1, 0.15) is 6.10 Å². The number of furan rings is 1. The van der Waals surface area contributed by atoms with Crippen LogP contribution in [0.1, 0.15) is 17.2 Å². The minimum Gasteiger partial charge on any atom is -0.472 e. The number of benzene rings is 1.